The fourth-order valence-electron chi connectivity index (χ4n) is 2.54. The summed E-state index contributed by atoms with van der Waals surface area (Å²) in [7, 11) is 0. The predicted molar refractivity (Wildman–Crippen MR) is 75.3 cm³/mol. The lowest BCUT2D eigenvalue weighted by atomic mass is 10.2. The molecule has 6 heteroatoms. The number of hydrogen-bond acceptors (Lipinski definition) is 4. The SMILES string of the molecule is Cc1cc(C)c(C(=O)N(CCC(=O)O)C[C@H]2CCCO2)o1. The summed E-state index contributed by atoms with van der Waals surface area (Å²) in [5.74, 6) is -0.230. The van der Waals surface area contributed by atoms with Crippen molar-refractivity contribution in [2.75, 3.05) is 19.7 Å². The van der Waals surface area contributed by atoms with E-state index >= 15 is 0 Å². The van der Waals surface area contributed by atoms with Gasteiger partial charge in [0.2, 0.25) is 0 Å². The second kappa shape index (κ2) is 6.76. The van der Waals surface area contributed by atoms with Gasteiger partial charge in [-0.25, -0.2) is 0 Å². The van der Waals surface area contributed by atoms with E-state index in [9.17, 15) is 9.59 Å². The molecule has 0 aromatic carbocycles. The topological polar surface area (TPSA) is 80.0 Å². The minimum atomic E-state index is -0.924. The van der Waals surface area contributed by atoms with Crippen LogP contribution in [0.25, 0.3) is 0 Å². The minimum Gasteiger partial charge on any atom is -0.481 e. The highest BCUT2D eigenvalue weighted by Crippen LogP contribution is 2.19. The molecule has 0 bridgehead atoms. The Morgan fingerprint density at radius 3 is 2.71 bits per heavy atom. The van der Waals surface area contributed by atoms with Crippen LogP contribution in [0.5, 0.6) is 0 Å². The van der Waals surface area contributed by atoms with E-state index in [2.05, 4.69) is 0 Å². The first-order valence-electron chi connectivity index (χ1n) is 7.17. The Hall–Kier alpha value is -1.82. The number of nitrogens with zero attached hydrogens (tertiary/aromatic N) is 1. The first kappa shape index (κ1) is 15.6. The molecule has 21 heavy (non-hydrogen) atoms. The summed E-state index contributed by atoms with van der Waals surface area (Å²) in [6, 6.07) is 1.80. The number of carbonyl (C=O) groups is 2. The molecule has 6 nitrogen and oxygen atoms in total. The number of ether oxygens (including phenoxy) is 1. The summed E-state index contributed by atoms with van der Waals surface area (Å²) >= 11 is 0. The largest absolute Gasteiger partial charge is 0.481 e. The van der Waals surface area contributed by atoms with Crippen LogP contribution in [0.15, 0.2) is 10.5 Å². The standard InChI is InChI=1S/C15H21NO5/c1-10-8-11(2)21-14(10)15(19)16(6-5-13(17)18)9-12-4-3-7-20-12/h8,12H,3-7,9H2,1-2H3,(H,17,18)/t12-/m1/s1. The molecule has 1 amide bonds. The fourth-order valence-corrected chi connectivity index (χ4v) is 2.54. The number of aliphatic carboxylic acids is 1. The lowest BCUT2D eigenvalue weighted by Gasteiger charge is -2.24. The molecule has 1 atom stereocenters. The van der Waals surface area contributed by atoms with E-state index in [1.54, 1.807) is 13.0 Å². The Morgan fingerprint density at radius 2 is 2.19 bits per heavy atom. The van der Waals surface area contributed by atoms with Gasteiger partial charge < -0.3 is 19.2 Å². The monoisotopic (exact) mass is 295 g/mol. The molecule has 0 unspecified atom stereocenters. The zero-order valence-corrected chi connectivity index (χ0v) is 12.4. The molecule has 1 N–H and O–H groups in total. The predicted octanol–water partition coefficient (Wildman–Crippen LogP) is 1.99. The van der Waals surface area contributed by atoms with E-state index in [1.807, 2.05) is 6.92 Å². The number of carboxylic acids is 1. The van der Waals surface area contributed by atoms with Crippen molar-refractivity contribution in [3.8, 4) is 0 Å². The van der Waals surface area contributed by atoms with Crippen molar-refractivity contribution in [2.24, 2.45) is 0 Å². The second-order valence-corrected chi connectivity index (χ2v) is 5.40. The Morgan fingerprint density at radius 1 is 1.43 bits per heavy atom. The highest BCUT2D eigenvalue weighted by molar-refractivity contribution is 5.93. The van der Waals surface area contributed by atoms with Crippen LogP contribution in [0.2, 0.25) is 0 Å². The lowest BCUT2D eigenvalue weighted by Crippen LogP contribution is -2.38. The molecule has 0 aliphatic carbocycles. The number of aryl methyl sites for hydroxylation is 2. The van der Waals surface area contributed by atoms with Gasteiger partial charge in [0.15, 0.2) is 5.76 Å². The maximum absolute atomic E-state index is 12.6. The van der Waals surface area contributed by atoms with Crippen LogP contribution in [-0.2, 0) is 9.53 Å². The average molecular weight is 295 g/mol. The number of hydrogen-bond donors (Lipinski definition) is 1. The summed E-state index contributed by atoms with van der Waals surface area (Å²) in [6.45, 7) is 4.86. The van der Waals surface area contributed by atoms with Gasteiger partial charge in [-0.2, -0.15) is 0 Å². The number of furan rings is 1. The first-order chi connectivity index (χ1) is 9.97. The summed E-state index contributed by atoms with van der Waals surface area (Å²) in [4.78, 5) is 24.9. The third kappa shape index (κ3) is 4.07. The Kier molecular flexibility index (Phi) is 5.01. The zero-order chi connectivity index (χ0) is 15.4. The molecule has 0 saturated carbocycles. The maximum Gasteiger partial charge on any atom is 0.305 e. The molecule has 1 aliphatic rings. The number of rotatable bonds is 6. The number of carboxylic acid groups (broad SMARTS) is 1. The van der Waals surface area contributed by atoms with Crippen molar-refractivity contribution in [3.63, 3.8) is 0 Å². The third-order valence-electron chi connectivity index (χ3n) is 3.57. The van der Waals surface area contributed by atoms with E-state index in [0.29, 0.717) is 18.9 Å². The molecular weight excluding hydrogens is 274 g/mol. The Balaban J connectivity index is 2.10. The van der Waals surface area contributed by atoms with Crippen LogP contribution in [0.4, 0.5) is 0 Å². The van der Waals surface area contributed by atoms with Gasteiger partial charge in [0.05, 0.1) is 12.5 Å². The quantitative estimate of drug-likeness (QED) is 0.868. The van der Waals surface area contributed by atoms with Crippen LogP contribution in [-0.4, -0.2) is 47.7 Å². The molecule has 2 rings (SSSR count). The van der Waals surface area contributed by atoms with E-state index in [-0.39, 0.29) is 30.7 Å². The zero-order valence-electron chi connectivity index (χ0n) is 12.4. The van der Waals surface area contributed by atoms with Gasteiger partial charge in [-0.15, -0.1) is 0 Å². The van der Waals surface area contributed by atoms with E-state index in [1.165, 1.54) is 4.90 Å². The van der Waals surface area contributed by atoms with E-state index in [4.69, 9.17) is 14.3 Å². The van der Waals surface area contributed by atoms with Crippen molar-refractivity contribution in [2.45, 2.75) is 39.2 Å². The summed E-state index contributed by atoms with van der Waals surface area (Å²) < 4.78 is 11.0. The molecule has 0 spiro atoms. The van der Waals surface area contributed by atoms with Crippen molar-refractivity contribution >= 4 is 11.9 Å². The number of carbonyl (C=O) groups excluding carboxylic acids is 1. The van der Waals surface area contributed by atoms with Gasteiger partial charge in [-0.05, 0) is 32.8 Å². The lowest BCUT2D eigenvalue weighted by molar-refractivity contribution is -0.137. The van der Waals surface area contributed by atoms with E-state index < -0.39 is 5.97 Å². The average Bonchev–Trinajstić information content (AvgIpc) is 3.03. The molecule has 1 fully saturated rings. The van der Waals surface area contributed by atoms with Crippen molar-refractivity contribution in [1.82, 2.24) is 4.90 Å². The molecule has 1 aromatic rings. The van der Waals surface area contributed by atoms with Gasteiger partial charge in [0.25, 0.3) is 5.91 Å². The smallest absolute Gasteiger partial charge is 0.305 e. The highest BCUT2D eigenvalue weighted by atomic mass is 16.5. The molecule has 0 radical (unpaired) electrons. The van der Waals surface area contributed by atoms with Crippen LogP contribution in [0.1, 0.15) is 41.1 Å². The third-order valence-corrected chi connectivity index (χ3v) is 3.57. The first-order valence-corrected chi connectivity index (χ1v) is 7.17. The molecule has 1 aliphatic heterocycles. The minimum absolute atomic E-state index is 0.0147. The van der Waals surface area contributed by atoms with E-state index in [0.717, 1.165) is 18.4 Å². The van der Waals surface area contributed by atoms with Gasteiger partial charge in [-0.3, -0.25) is 9.59 Å². The maximum atomic E-state index is 12.6. The van der Waals surface area contributed by atoms with Crippen LogP contribution < -0.4 is 0 Å². The van der Waals surface area contributed by atoms with Crippen molar-refractivity contribution in [1.29, 1.82) is 0 Å². The Bertz CT molecular complexity index is 516. The summed E-state index contributed by atoms with van der Waals surface area (Å²) in [5.41, 5.74) is 0.769. The van der Waals surface area contributed by atoms with Gasteiger partial charge in [-0.1, -0.05) is 0 Å². The summed E-state index contributed by atoms with van der Waals surface area (Å²) in [6.07, 6.45) is 1.77. The van der Waals surface area contributed by atoms with Gasteiger partial charge in [0, 0.05) is 25.3 Å². The molecule has 2 heterocycles. The van der Waals surface area contributed by atoms with Crippen molar-refractivity contribution < 1.29 is 23.8 Å². The summed E-state index contributed by atoms with van der Waals surface area (Å²) in [5, 5.41) is 8.84. The number of amides is 1. The normalized spacial score (nSPS) is 17.9. The fraction of sp³-hybridized carbons (Fsp3) is 0.600. The highest BCUT2D eigenvalue weighted by Gasteiger charge is 2.26. The molecule has 116 valence electrons. The second-order valence-electron chi connectivity index (χ2n) is 5.40. The van der Waals surface area contributed by atoms with Crippen LogP contribution >= 0.6 is 0 Å². The van der Waals surface area contributed by atoms with Gasteiger partial charge >= 0.3 is 5.97 Å². The van der Waals surface area contributed by atoms with Crippen LogP contribution in [0.3, 0.4) is 0 Å². The van der Waals surface area contributed by atoms with Crippen molar-refractivity contribution in [3.05, 3.63) is 23.2 Å². The molecule has 1 saturated heterocycles. The Labute approximate surface area is 123 Å². The van der Waals surface area contributed by atoms with Crippen LogP contribution in [0, 0.1) is 13.8 Å². The molecule has 1 aromatic heterocycles. The van der Waals surface area contributed by atoms with Gasteiger partial charge in [0.1, 0.15) is 5.76 Å². The molecular formula is C15H21NO5.